The van der Waals surface area contributed by atoms with Crippen molar-refractivity contribution in [3.63, 3.8) is 0 Å². The summed E-state index contributed by atoms with van der Waals surface area (Å²) in [6.07, 6.45) is 10.9. The first-order valence-electron chi connectivity index (χ1n) is 13.0. The maximum atomic E-state index is 12.7. The molecule has 0 fully saturated rings. The summed E-state index contributed by atoms with van der Waals surface area (Å²) in [7, 11) is 0. The maximum Gasteiger partial charge on any atom is 0.300 e. The Balaban J connectivity index is 1.28. The number of amides is 1. The highest BCUT2D eigenvalue weighted by molar-refractivity contribution is 5.90. The number of allylic oxidation sites excluding steroid dienone is 1. The molecule has 38 heavy (non-hydrogen) atoms. The van der Waals surface area contributed by atoms with Crippen molar-refractivity contribution < 1.29 is 14.1 Å². The molecule has 2 aromatic heterocycles. The van der Waals surface area contributed by atoms with Gasteiger partial charge in [-0.3, -0.25) is 9.78 Å². The number of ether oxygens (including phenoxy) is 1. The van der Waals surface area contributed by atoms with Crippen LogP contribution in [-0.4, -0.2) is 22.5 Å². The van der Waals surface area contributed by atoms with E-state index in [1.807, 2.05) is 60.8 Å². The molecule has 1 amide bonds. The van der Waals surface area contributed by atoms with Gasteiger partial charge in [0, 0.05) is 24.5 Å². The number of aryl methyl sites for hydroxylation is 1. The third kappa shape index (κ3) is 7.59. The molecule has 0 aliphatic rings. The van der Waals surface area contributed by atoms with Crippen molar-refractivity contribution in [3.8, 4) is 16.9 Å². The second kappa shape index (κ2) is 13.3. The fourth-order valence-electron chi connectivity index (χ4n) is 4.18. The third-order valence-electron chi connectivity index (χ3n) is 6.24. The third-order valence-corrected chi connectivity index (χ3v) is 6.24. The zero-order valence-electron chi connectivity index (χ0n) is 22.3. The Morgan fingerprint density at radius 1 is 1.00 bits per heavy atom. The Morgan fingerprint density at radius 2 is 1.74 bits per heavy atom. The molecule has 6 nitrogen and oxygen atoms in total. The summed E-state index contributed by atoms with van der Waals surface area (Å²) in [5.41, 5.74) is 5.26. The summed E-state index contributed by atoms with van der Waals surface area (Å²) < 4.78 is 7.95. The quantitative estimate of drug-likeness (QED) is 0.187. The van der Waals surface area contributed by atoms with Gasteiger partial charge in [-0.1, -0.05) is 55.2 Å². The van der Waals surface area contributed by atoms with E-state index in [1.165, 1.54) is 11.1 Å². The maximum absolute atomic E-state index is 12.7. The van der Waals surface area contributed by atoms with E-state index in [9.17, 15) is 4.79 Å². The number of nitrogens with zero attached hydrogens (tertiary/aromatic N) is 3. The summed E-state index contributed by atoms with van der Waals surface area (Å²) in [5, 5.41) is 2.99. The Morgan fingerprint density at radius 3 is 2.45 bits per heavy atom. The van der Waals surface area contributed by atoms with Crippen molar-refractivity contribution in [1.82, 2.24) is 9.97 Å². The van der Waals surface area contributed by atoms with Crippen molar-refractivity contribution in [2.45, 2.75) is 46.1 Å². The van der Waals surface area contributed by atoms with Crippen LogP contribution < -0.4 is 14.6 Å². The number of aromatic nitrogens is 3. The highest BCUT2D eigenvalue weighted by Gasteiger charge is 2.19. The Bertz CT molecular complexity index is 1350. The summed E-state index contributed by atoms with van der Waals surface area (Å²) >= 11 is 0. The largest absolute Gasteiger partial charge is 0.493 e. The molecule has 0 radical (unpaired) electrons. The van der Waals surface area contributed by atoms with Gasteiger partial charge < -0.3 is 10.1 Å². The van der Waals surface area contributed by atoms with Gasteiger partial charge in [-0.2, -0.15) is 0 Å². The van der Waals surface area contributed by atoms with Crippen LogP contribution in [-0.2, 0) is 11.3 Å². The second-order valence-corrected chi connectivity index (χ2v) is 9.50. The molecule has 1 N–H and O–H groups in total. The summed E-state index contributed by atoms with van der Waals surface area (Å²) in [4.78, 5) is 21.5. The van der Waals surface area contributed by atoms with Gasteiger partial charge in [-0.25, -0.2) is 4.57 Å². The zero-order valence-corrected chi connectivity index (χ0v) is 22.3. The molecule has 0 bridgehead atoms. The van der Waals surface area contributed by atoms with E-state index in [1.54, 1.807) is 12.4 Å². The first kappa shape index (κ1) is 26.7. The van der Waals surface area contributed by atoms with Gasteiger partial charge in [0.25, 0.3) is 0 Å². The van der Waals surface area contributed by atoms with Crippen LogP contribution in [0.2, 0.25) is 0 Å². The average molecular weight is 508 g/mol. The summed E-state index contributed by atoms with van der Waals surface area (Å²) in [6.45, 7) is 7.46. The van der Waals surface area contributed by atoms with E-state index in [0.717, 1.165) is 34.8 Å². The van der Waals surface area contributed by atoms with Gasteiger partial charge in [-0.05, 0) is 60.0 Å². The minimum atomic E-state index is -0.0392. The number of carbonyl (C=O) groups excluding carboxylic acids is 1. The predicted molar refractivity (Wildman–Crippen MR) is 152 cm³/mol. The molecular weight excluding hydrogens is 472 g/mol. The van der Waals surface area contributed by atoms with Crippen LogP contribution in [0.15, 0.2) is 97.6 Å². The lowest BCUT2D eigenvalue weighted by Crippen LogP contribution is -2.41. The Hall–Kier alpha value is -4.32. The minimum absolute atomic E-state index is 0.0392. The lowest BCUT2D eigenvalue weighted by Gasteiger charge is -2.10. The topological polar surface area (TPSA) is 68.0 Å². The SMILES string of the molecule is C/C(=C/CCOc1ccc(NC(=O)CC[n+]2cc(-c3ccccc3)cnc2C(C)C)cc1)c1ccncc1. The molecule has 0 spiro atoms. The average Bonchev–Trinajstić information content (AvgIpc) is 2.95. The molecule has 194 valence electrons. The second-order valence-electron chi connectivity index (χ2n) is 9.50. The molecule has 0 saturated heterocycles. The number of anilines is 1. The van der Waals surface area contributed by atoms with Crippen molar-refractivity contribution in [3.05, 3.63) is 109 Å². The molecule has 4 aromatic rings. The molecule has 6 heteroatoms. The van der Waals surface area contributed by atoms with E-state index in [2.05, 4.69) is 60.0 Å². The van der Waals surface area contributed by atoms with Crippen molar-refractivity contribution in [2.75, 3.05) is 11.9 Å². The van der Waals surface area contributed by atoms with Gasteiger partial charge in [0.1, 0.15) is 11.9 Å². The number of nitrogens with one attached hydrogen (secondary N) is 1. The first-order valence-corrected chi connectivity index (χ1v) is 13.0. The van der Waals surface area contributed by atoms with E-state index in [-0.39, 0.29) is 11.8 Å². The van der Waals surface area contributed by atoms with Gasteiger partial charge in [0.2, 0.25) is 5.91 Å². The molecule has 0 aliphatic carbocycles. The number of carbonyl (C=O) groups is 1. The molecule has 4 rings (SSSR count). The molecular formula is C32H35N4O2+. The minimum Gasteiger partial charge on any atom is -0.493 e. The lowest BCUT2D eigenvalue weighted by molar-refractivity contribution is -0.706. The van der Waals surface area contributed by atoms with Gasteiger partial charge >= 0.3 is 5.82 Å². The first-order chi connectivity index (χ1) is 18.5. The fraction of sp³-hybridized carbons (Fsp3) is 0.250. The van der Waals surface area contributed by atoms with Crippen molar-refractivity contribution >= 4 is 17.2 Å². The van der Waals surface area contributed by atoms with Crippen LogP contribution >= 0.6 is 0 Å². The predicted octanol–water partition coefficient (Wildman–Crippen LogP) is 6.46. The monoisotopic (exact) mass is 507 g/mol. The number of rotatable bonds is 11. The van der Waals surface area contributed by atoms with Gasteiger partial charge in [0.05, 0.1) is 31.1 Å². The summed E-state index contributed by atoms with van der Waals surface area (Å²) in [5.74, 6) is 1.96. The van der Waals surface area contributed by atoms with Gasteiger partial charge in [0.15, 0.2) is 6.20 Å². The highest BCUT2D eigenvalue weighted by Crippen LogP contribution is 2.19. The Labute approximate surface area is 225 Å². The molecule has 0 unspecified atom stereocenters. The van der Waals surface area contributed by atoms with Crippen LogP contribution in [0, 0.1) is 0 Å². The highest BCUT2D eigenvalue weighted by atomic mass is 16.5. The number of hydrogen-bond donors (Lipinski definition) is 1. The lowest BCUT2D eigenvalue weighted by atomic mass is 10.1. The smallest absolute Gasteiger partial charge is 0.300 e. The standard InChI is InChI=1S/C32H34N4O2/c1-24(2)32-34-22-28(27-9-5-4-6-10-27)23-36(32)20-17-31(37)35-29-11-13-30(14-12-29)38-21-7-8-25(3)26-15-18-33-19-16-26/h4-6,8-16,18-19,22-24H,7,17,20-21H2,1-3H3/p+1/b25-8-. The van der Waals surface area contributed by atoms with Crippen LogP contribution in [0.25, 0.3) is 16.7 Å². The van der Waals surface area contributed by atoms with E-state index >= 15 is 0 Å². The van der Waals surface area contributed by atoms with Crippen LogP contribution in [0.5, 0.6) is 5.75 Å². The van der Waals surface area contributed by atoms with Crippen molar-refractivity contribution in [1.29, 1.82) is 0 Å². The van der Waals surface area contributed by atoms with Gasteiger partial charge in [-0.15, -0.1) is 0 Å². The molecule has 2 aromatic carbocycles. The van der Waals surface area contributed by atoms with E-state index < -0.39 is 0 Å². The van der Waals surface area contributed by atoms with Crippen molar-refractivity contribution in [2.24, 2.45) is 0 Å². The number of hydrogen-bond acceptors (Lipinski definition) is 4. The molecule has 0 saturated carbocycles. The molecule has 0 atom stereocenters. The zero-order chi connectivity index (χ0) is 26.7. The van der Waals surface area contributed by atoms with Crippen LogP contribution in [0.4, 0.5) is 5.69 Å². The normalized spacial score (nSPS) is 11.4. The number of pyridine rings is 1. The fourth-order valence-corrected chi connectivity index (χ4v) is 4.18. The Kier molecular flexibility index (Phi) is 9.35. The number of benzene rings is 2. The molecule has 2 heterocycles. The molecule has 0 aliphatic heterocycles. The van der Waals surface area contributed by atoms with E-state index in [4.69, 9.17) is 9.72 Å². The van der Waals surface area contributed by atoms with Crippen LogP contribution in [0.3, 0.4) is 0 Å². The summed E-state index contributed by atoms with van der Waals surface area (Å²) in [6, 6.07) is 21.7. The van der Waals surface area contributed by atoms with Crippen LogP contribution in [0.1, 0.15) is 50.9 Å². The van der Waals surface area contributed by atoms with E-state index in [0.29, 0.717) is 19.6 Å².